The second-order valence-corrected chi connectivity index (χ2v) is 4.02. The smallest absolute Gasteiger partial charge is 0.130 e. The summed E-state index contributed by atoms with van der Waals surface area (Å²) in [5.41, 5.74) is 6.28. The largest absolute Gasteiger partial charge is 0.326 e. The Bertz CT molecular complexity index is 354. The van der Waals surface area contributed by atoms with Crippen molar-refractivity contribution >= 4 is 0 Å². The molecule has 1 fully saturated rings. The third kappa shape index (κ3) is 2.52. The number of rotatable bonds is 2. The van der Waals surface area contributed by atoms with E-state index in [2.05, 4.69) is 4.90 Å². The van der Waals surface area contributed by atoms with Crippen LogP contribution in [-0.2, 0) is 6.54 Å². The van der Waals surface area contributed by atoms with Gasteiger partial charge in [-0.2, -0.15) is 0 Å². The van der Waals surface area contributed by atoms with Gasteiger partial charge in [-0.25, -0.2) is 8.78 Å². The van der Waals surface area contributed by atoms with Crippen LogP contribution in [0.5, 0.6) is 0 Å². The van der Waals surface area contributed by atoms with Crippen molar-refractivity contribution in [1.82, 2.24) is 4.90 Å². The molecule has 0 saturated carbocycles. The minimum absolute atomic E-state index is 0.188. The normalized spacial score (nSPS) is 22.2. The van der Waals surface area contributed by atoms with E-state index in [0.29, 0.717) is 12.1 Å². The number of hydrogen-bond acceptors (Lipinski definition) is 2. The SMILES string of the molecule is N[C@@H]1CCN(Cc2ccc(F)cc2F)C1. The summed E-state index contributed by atoms with van der Waals surface area (Å²) in [5, 5.41) is 0. The molecule has 2 nitrogen and oxygen atoms in total. The summed E-state index contributed by atoms with van der Waals surface area (Å²) in [6, 6.07) is 3.89. The molecular weight excluding hydrogens is 198 g/mol. The second-order valence-electron chi connectivity index (χ2n) is 4.02. The molecular formula is C11H14F2N2. The van der Waals surface area contributed by atoms with E-state index in [4.69, 9.17) is 5.73 Å². The van der Waals surface area contributed by atoms with Crippen LogP contribution in [0, 0.1) is 11.6 Å². The standard InChI is InChI=1S/C11H14F2N2/c12-9-2-1-8(11(13)5-9)6-15-4-3-10(14)7-15/h1-2,5,10H,3-4,6-7,14H2/t10-/m1/s1. The van der Waals surface area contributed by atoms with Crippen LogP contribution in [0.1, 0.15) is 12.0 Å². The van der Waals surface area contributed by atoms with Gasteiger partial charge < -0.3 is 5.73 Å². The molecule has 1 heterocycles. The van der Waals surface area contributed by atoms with Crippen LogP contribution in [-0.4, -0.2) is 24.0 Å². The van der Waals surface area contributed by atoms with Gasteiger partial charge in [0.25, 0.3) is 0 Å². The lowest BCUT2D eigenvalue weighted by molar-refractivity contribution is 0.321. The summed E-state index contributed by atoms with van der Waals surface area (Å²) in [5.74, 6) is -1.01. The minimum Gasteiger partial charge on any atom is -0.326 e. The Hall–Kier alpha value is -1.00. The van der Waals surface area contributed by atoms with Crippen molar-refractivity contribution in [3.05, 3.63) is 35.4 Å². The highest BCUT2D eigenvalue weighted by molar-refractivity contribution is 5.18. The predicted molar refractivity (Wildman–Crippen MR) is 54.2 cm³/mol. The quantitative estimate of drug-likeness (QED) is 0.805. The maximum atomic E-state index is 13.3. The van der Waals surface area contributed by atoms with E-state index in [1.54, 1.807) is 0 Å². The molecule has 0 spiro atoms. The lowest BCUT2D eigenvalue weighted by atomic mass is 10.2. The van der Waals surface area contributed by atoms with Gasteiger partial charge in [0.2, 0.25) is 0 Å². The topological polar surface area (TPSA) is 29.3 Å². The average Bonchev–Trinajstić information content (AvgIpc) is 2.56. The van der Waals surface area contributed by atoms with Crippen LogP contribution in [0.4, 0.5) is 8.78 Å². The van der Waals surface area contributed by atoms with Crippen LogP contribution in [0.25, 0.3) is 0 Å². The number of halogens is 2. The first-order valence-electron chi connectivity index (χ1n) is 5.07. The summed E-state index contributed by atoms with van der Waals surface area (Å²) in [6.45, 7) is 2.19. The molecule has 2 rings (SSSR count). The van der Waals surface area contributed by atoms with E-state index >= 15 is 0 Å². The Morgan fingerprint density at radius 1 is 1.40 bits per heavy atom. The summed E-state index contributed by atoms with van der Waals surface area (Å²) < 4.78 is 26.0. The van der Waals surface area contributed by atoms with Crippen LogP contribution < -0.4 is 5.73 Å². The average molecular weight is 212 g/mol. The van der Waals surface area contributed by atoms with E-state index in [1.807, 2.05) is 0 Å². The second kappa shape index (κ2) is 4.24. The van der Waals surface area contributed by atoms with Gasteiger partial charge in [0.05, 0.1) is 0 Å². The third-order valence-corrected chi connectivity index (χ3v) is 2.72. The molecule has 1 saturated heterocycles. The van der Waals surface area contributed by atoms with Crippen molar-refractivity contribution in [1.29, 1.82) is 0 Å². The first-order valence-corrected chi connectivity index (χ1v) is 5.07. The Labute approximate surface area is 87.7 Å². The first kappa shape index (κ1) is 10.5. The number of hydrogen-bond donors (Lipinski definition) is 1. The summed E-state index contributed by atoms with van der Waals surface area (Å²) in [7, 11) is 0. The molecule has 82 valence electrons. The zero-order valence-corrected chi connectivity index (χ0v) is 8.42. The molecule has 0 aliphatic carbocycles. The molecule has 1 atom stereocenters. The zero-order valence-electron chi connectivity index (χ0n) is 8.42. The Balaban J connectivity index is 2.04. The molecule has 0 amide bonds. The molecule has 4 heteroatoms. The van der Waals surface area contributed by atoms with Crippen LogP contribution >= 0.6 is 0 Å². The van der Waals surface area contributed by atoms with Crippen molar-refractivity contribution in [2.24, 2.45) is 5.73 Å². The zero-order chi connectivity index (χ0) is 10.8. The number of nitrogens with two attached hydrogens (primary N) is 1. The molecule has 1 aromatic rings. The predicted octanol–water partition coefficient (Wildman–Crippen LogP) is 1.50. The van der Waals surface area contributed by atoms with Gasteiger partial charge in [0, 0.05) is 37.3 Å². The van der Waals surface area contributed by atoms with Crippen molar-refractivity contribution in [2.45, 2.75) is 19.0 Å². The van der Waals surface area contributed by atoms with Crippen molar-refractivity contribution in [3.63, 3.8) is 0 Å². The number of likely N-dealkylation sites (tertiary alicyclic amines) is 1. The van der Waals surface area contributed by atoms with Crippen molar-refractivity contribution in [2.75, 3.05) is 13.1 Å². The van der Waals surface area contributed by atoms with E-state index in [9.17, 15) is 8.78 Å². The fourth-order valence-electron chi connectivity index (χ4n) is 1.90. The molecule has 0 radical (unpaired) electrons. The number of benzene rings is 1. The van der Waals surface area contributed by atoms with Crippen molar-refractivity contribution < 1.29 is 8.78 Å². The molecule has 0 bridgehead atoms. The first-order chi connectivity index (χ1) is 7.15. The molecule has 15 heavy (non-hydrogen) atoms. The van der Waals surface area contributed by atoms with E-state index in [-0.39, 0.29) is 6.04 Å². The monoisotopic (exact) mass is 212 g/mol. The molecule has 1 aliphatic heterocycles. The fraction of sp³-hybridized carbons (Fsp3) is 0.455. The van der Waals surface area contributed by atoms with Gasteiger partial charge in [0.15, 0.2) is 0 Å². The fourth-order valence-corrected chi connectivity index (χ4v) is 1.90. The summed E-state index contributed by atoms with van der Waals surface area (Å²) >= 11 is 0. The maximum Gasteiger partial charge on any atom is 0.130 e. The van der Waals surface area contributed by atoms with Gasteiger partial charge in [-0.05, 0) is 12.5 Å². The van der Waals surface area contributed by atoms with Crippen molar-refractivity contribution in [3.8, 4) is 0 Å². The minimum atomic E-state index is -0.533. The van der Waals surface area contributed by atoms with Crippen LogP contribution in [0.2, 0.25) is 0 Å². The molecule has 2 N–H and O–H groups in total. The molecule has 1 aliphatic rings. The summed E-state index contributed by atoms with van der Waals surface area (Å²) in [6.07, 6.45) is 0.947. The van der Waals surface area contributed by atoms with E-state index in [0.717, 1.165) is 25.6 Å². The summed E-state index contributed by atoms with van der Waals surface area (Å²) in [4.78, 5) is 2.08. The van der Waals surface area contributed by atoms with E-state index in [1.165, 1.54) is 12.1 Å². The molecule has 1 aromatic carbocycles. The lowest BCUT2D eigenvalue weighted by Gasteiger charge is -2.15. The van der Waals surface area contributed by atoms with Gasteiger partial charge in [-0.3, -0.25) is 4.90 Å². The number of nitrogens with zero attached hydrogens (tertiary/aromatic N) is 1. The highest BCUT2D eigenvalue weighted by Gasteiger charge is 2.19. The third-order valence-electron chi connectivity index (χ3n) is 2.72. The highest BCUT2D eigenvalue weighted by atomic mass is 19.1. The van der Waals surface area contributed by atoms with E-state index < -0.39 is 11.6 Å². The van der Waals surface area contributed by atoms with Gasteiger partial charge in [0.1, 0.15) is 11.6 Å². The lowest BCUT2D eigenvalue weighted by Crippen LogP contribution is -2.26. The molecule has 0 unspecified atom stereocenters. The van der Waals surface area contributed by atoms with Gasteiger partial charge >= 0.3 is 0 Å². The molecule has 0 aromatic heterocycles. The highest BCUT2D eigenvalue weighted by Crippen LogP contribution is 2.15. The van der Waals surface area contributed by atoms with Crippen LogP contribution in [0.15, 0.2) is 18.2 Å². The Morgan fingerprint density at radius 2 is 2.20 bits per heavy atom. The van der Waals surface area contributed by atoms with Gasteiger partial charge in [-0.15, -0.1) is 0 Å². The maximum absolute atomic E-state index is 13.3. The Morgan fingerprint density at radius 3 is 2.80 bits per heavy atom. The van der Waals surface area contributed by atoms with Gasteiger partial charge in [-0.1, -0.05) is 6.07 Å². The Kier molecular flexibility index (Phi) is 2.98. The van der Waals surface area contributed by atoms with Crippen LogP contribution in [0.3, 0.4) is 0 Å².